The molecule has 0 unspecified atom stereocenters. The molecule has 0 fully saturated rings. The third-order valence-electron chi connectivity index (χ3n) is 3.08. The van der Waals surface area contributed by atoms with Gasteiger partial charge in [-0.05, 0) is 35.9 Å². The van der Waals surface area contributed by atoms with Gasteiger partial charge in [-0.1, -0.05) is 12.1 Å². The summed E-state index contributed by atoms with van der Waals surface area (Å²) in [6.45, 7) is 0. The SMILES string of the molecule is COC(=O)c1ccc(/C=N/c2cc(C(=O)OC)ccc2O)cc1. The fraction of sp³-hybridized carbons (Fsp3) is 0.118. The minimum atomic E-state index is -0.510. The van der Waals surface area contributed by atoms with Crippen molar-refractivity contribution in [3.63, 3.8) is 0 Å². The number of phenolic OH excluding ortho intramolecular Hbond substituents is 1. The molecule has 0 spiro atoms. The Balaban J connectivity index is 2.22. The molecular weight excluding hydrogens is 298 g/mol. The van der Waals surface area contributed by atoms with Crippen molar-refractivity contribution in [3.05, 3.63) is 59.2 Å². The van der Waals surface area contributed by atoms with E-state index in [9.17, 15) is 14.7 Å². The summed E-state index contributed by atoms with van der Waals surface area (Å²) < 4.78 is 9.24. The molecule has 23 heavy (non-hydrogen) atoms. The van der Waals surface area contributed by atoms with E-state index in [0.29, 0.717) is 11.1 Å². The number of methoxy groups -OCH3 is 2. The summed E-state index contributed by atoms with van der Waals surface area (Å²) in [4.78, 5) is 27.0. The second-order valence-electron chi connectivity index (χ2n) is 4.57. The third-order valence-corrected chi connectivity index (χ3v) is 3.08. The fourth-order valence-corrected chi connectivity index (χ4v) is 1.84. The zero-order chi connectivity index (χ0) is 16.8. The quantitative estimate of drug-likeness (QED) is 0.693. The van der Waals surface area contributed by atoms with E-state index in [2.05, 4.69) is 14.5 Å². The van der Waals surface area contributed by atoms with Gasteiger partial charge in [0, 0.05) is 6.21 Å². The number of carbonyl (C=O) groups is 2. The van der Waals surface area contributed by atoms with Crippen LogP contribution in [0.15, 0.2) is 47.5 Å². The van der Waals surface area contributed by atoms with E-state index in [1.807, 2.05) is 0 Å². The topological polar surface area (TPSA) is 85.2 Å². The molecule has 2 aromatic carbocycles. The van der Waals surface area contributed by atoms with Gasteiger partial charge < -0.3 is 14.6 Å². The van der Waals surface area contributed by atoms with Crippen LogP contribution in [-0.2, 0) is 9.47 Å². The average molecular weight is 313 g/mol. The number of aliphatic imine (C=N–C) groups is 1. The molecule has 6 nitrogen and oxygen atoms in total. The Labute approximate surface area is 133 Å². The normalized spacial score (nSPS) is 10.5. The number of phenols is 1. The van der Waals surface area contributed by atoms with Crippen LogP contribution in [0.3, 0.4) is 0 Å². The lowest BCUT2D eigenvalue weighted by Gasteiger charge is -2.03. The maximum Gasteiger partial charge on any atom is 0.337 e. The van der Waals surface area contributed by atoms with Gasteiger partial charge in [0.15, 0.2) is 0 Å². The summed E-state index contributed by atoms with van der Waals surface area (Å²) in [7, 11) is 2.59. The molecule has 0 heterocycles. The predicted molar refractivity (Wildman–Crippen MR) is 84.5 cm³/mol. The Morgan fingerprint density at radius 2 is 1.52 bits per heavy atom. The molecule has 6 heteroatoms. The predicted octanol–water partition coefficient (Wildman–Crippen LogP) is 2.72. The van der Waals surface area contributed by atoms with Gasteiger partial charge in [-0.15, -0.1) is 0 Å². The minimum Gasteiger partial charge on any atom is -0.506 e. The van der Waals surface area contributed by atoms with Crippen LogP contribution < -0.4 is 0 Å². The maximum absolute atomic E-state index is 11.5. The van der Waals surface area contributed by atoms with Gasteiger partial charge in [0.1, 0.15) is 11.4 Å². The molecule has 1 N–H and O–H groups in total. The summed E-state index contributed by atoms with van der Waals surface area (Å²) in [5.41, 5.74) is 1.68. The van der Waals surface area contributed by atoms with Crippen molar-refractivity contribution in [3.8, 4) is 5.75 Å². The van der Waals surface area contributed by atoms with Gasteiger partial charge in [0.25, 0.3) is 0 Å². The van der Waals surface area contributed by atoms with Crippen molar-refractivity contribution in [1.29, 1.82) is 0 Å². The van der Waals surface area contributed by atoms with Gasteiger partial charge in [0.2, 0.25) is 0 Å². The number of benzene rings is 2. The molecule has 2 rings (SSSR count). The highest BCUT2D eigenvalue weighted by atomic mass is 16.5. The van der Waals surface area contributed by atoms with Crippen molar-refractivity contribution in [2.75, 3.05) is 14.2 Å². The van der Waals surface area contributed by atoms with E-state index in [-0.39, 0.29) is 11.4 Å². The molecule has 0 atom stereocenters. The number of nitrogens with zero attached hydrogens (tertiary/aromatic N) is 1. The van der Waals surface area contributed by atoms with Crippen LogP contribution in [0, 0.1) is 0 Å². The lowest BCUT2D eigenvalue weighted by molar-refractivity contribution is 0.0592. The Bertz CT molecular complexity index is 750. The van der Waals surface area contributed by atoms with Crippen LogP contribution in [0.4, 0.5) is 5.69 Å². The van der Waals surface area contributed by atoms with Crippen molar-refractivity contribution >= 4 is 23.8 Å². The van der Waals surface area contributed by atoms with Crippen molar-refractivity contribution in [2.24, 2.45) is 4.99 Å². The molecule has 0 aliphatic carbocycles. The number of hydrogen-bond acceptors (Lipinski definition) is 6. The van der Waals surface area contributed by atoms with E-state index in [4.69, 9.17) is 0 Å². The second kappa shape index (κ2) is 7.22. The van der Waals surface area contributed by atoms with Gasteiger partial charge in [0.05, 0.1) is 25.3 Å². The number of esters is 2. The van der Waals surface area contributed by atoms with Gasteiger partial charge in [-0.3, -0.25) is 4.99 Å². The highest BCUT2D eigenvalue weighted by molar-refractivity contribution is 5.92. The van der Waals surface area contributed by atoms with Crippen LogP contribution in [0.1, 0.15) is 26.3 Å². The van der Waals surface area contributed by atoms with Gasteiger partial charge in [-0.2, -0.15) is 0 Å². The van der Waals surface area contributed by atoms with E-state index in [0.717, 1.165) is 5.56 Å². The van der Waals surface area contributed by atoms with Crippen LogP contribution in [0.5, 0.6) is 5.75 Å². The van der Waals surface area contributed by atoms with E-state index < -0.39 is 11.9 Å². The van der Waals surface area contributed by atoms with Gasteiger partial charge in [-0.25, -0.2) is 9.59 Å². The largest absolute Gasteiger partial charge is 0.506 e. The molecule has 2 aromatic rings. The van der Waals surface area contributed by atoms with Crippen molar-refractivity contribution in [1.82, 2.24) is 0 Å². The third kappa shape index (κ3) is 3.94. The van der Waals surface area contributed by atoms with Crippen LogP contribution in [-0.4, -0.2) is 37.5 Å². The van der Waals surface area contributed by atoms with Crippen molar-refractivity contribution < 1.29 is 24.2 Å². The Hall–Kier alpha value is -3.15. The summed E-state index contributed by atoms with van der Waals surface area (Å²) >= 11 is 0. The summed E-state index contributed by atoms with van der Waals surface area (Å²) in [6, 6.07) is 10.9. The molecule has 118 valence electrons. The summed E-state index contributed by atoms with van der Waals surface area (Å²) in [5.74, 6) is -0.985. The molecule has 0 saturated heterocycles. The van der Waals surface area contributed by atoms with E-state index in [1.165, 1.54) is 38.6 Å². The fourth-order valence-electron chi connectivity index (χ4n) is 1.84. The van der Waals surface area contributed by atoms with Crippen LogP contribution >= 0.6 is 0 Å². The first kappa shape index (κ1) is 16.2. The monoisotopic (exact) mass is 313 g/mol. The number of hydrogen-bond donors (Lipinski definition) is 1. The number of aromatic hydroxyl groups is 1. The first-order chi connectivity index (χ1) is 11.0. The second-order valence-corrected chi connectivity index (χ2v) is 4.57. The maximum atomic E-state index is 11.5. The minimum absolute atomic E-state index is 0.0555. The molecule has 0 aliphatic rings. The Kier molecular flexibility index (Phi) is 5.09. The van der Waals surface area contributed by atoms with E-state index in [1.54, 1.807) is 24.3 Å². The Morgan fingerprint density at radius 1 is 0.957 bits per heavy atom. The smallest absolute Gasteiger partial charge is 0.337 e. The van der Waals surface area contributed by atoms with Crippen molar-refractivity contribution in [2.45, 2.75) is 0 Å². The summed E-state index contributed by atoms with van der Waals surface area (Å²) in [5, 5.41) is 9.79. The number of carbonyl (C=O) groups excluding carboxylic acids is 2. The average Bonchev–Trinajstić information content (AvgIpc) is 2.60. The molecule has 0 aromatic heterocycles. The number of rotatable bonds is 4. The molecule has 0 bridgehead atoms. The Morgan fingerprint density at radius 3 is 2.13 bits per heavy atom. The van der Waals surface area contributed by atoms with E-state index >= 15 is 0 Å². The zero-order valence-corrected chi connectivity index (χ0v) is 12.6. The number of ether oxygens (including phenoxy) is 2. The lowest BCUT2D eigenvalue weighted by atomic mass is 10.1. The molecular formula is C17H15NO5. The van der Waals surface area contributed by atoms with Crippen LogP contribution in [0.2, 0.25) is 0 Å². The molecule has 0 aliphatic heterocycles. The lowest BCUT2D eigenvalue weighted by Crippen LogP contribution is -2.00. The summed E-state index contributed by atoms with van der Waals surface area (Å²) in [6.07, 6.45) is 1.51. The highest BCUT2D eigenvalue weighted by Gasteiger charge is 2.08. The molecule has 0 radical (unpaired) electrons. The zero-order valence-electron chi connectivity index (χ0n) is 12.6. The highest BCUT2D eigenvalue weighted by Crippen LogP contribution is 2.27. The van der Waals surface area contributed by atoms with Crippen LogP contribution in [0.25, 0.3) is 0 Å². The first-order valence-corrected chi connectivity index (χ1v) is 6.69. The van der Waals surface area contributed by atoms with Gasteiger partial charge >= 0.3 is 11.9 Å². The molecule has 0 saturated carbocycles. The first-order valence-electron chi connectivity index (χ1n) is 6.69. The molecule has 0 amide bonds. The standard InChI is InChI=1S/C17H15NO5/c1-22-16(20)12-5-3-11(4-6-12)10-18-14-9-13(17(21)23-2)7-8-15(14)19/h3-10,19H,1-2H3/b18-10+.